The number of hydrogen-bond acceptors (Lipinski definition) is 4. The van der Waals surface area contributed by atoms with E-state index >= 15 is 0 Å². The van der Waals surface area contributed by atoms with Gasteiger partial charge in [-0.3, -0.25) is 0 Å². The first-order valence-corrected chi connectivity index (χ1v) is 5.37. The molecule has 84 valence electrons. The van der Waals surface area contributed by atoms with Gasteiger partial charge in [-0.2, -0.15) is 0 Å². The van der Waals surface area contributed by atoms with Gasteiger partial charge in [0.2, 0.25) is 5.95 Å². The summed E-state index contributed by atoms with van der Waals surface area (Å²) < 4.78 is 0. The molecule has 0 spiro atoms. The van der Waals surface area contributed by atoms with E-state index in [2.05, 4.69) is 29.1 Å². The van der Waals surface area contributed by atoms with Gasteiger partial charge in [-0.15, -0.1) is 0 Å². The minimum atomic E-state index is 0.257. The summed E-state index contributed by atoms with van der Waals surface area (Å²) in [5, 5.41) is 3.24. The Labute approximate surface area is 91.3 Å². The van der Waals surface area contributed by atoms with E-state index in [9.17, 15) is 0 Å². The second-order valence-corrected chi connectivity index (χ2v) is 4.29. The molecule has 1 aromatic heterocycles. The molecule has 0 aromatic carbocycles. The predicted octanol–water partition coefficient (Wildman–Crippen LogP) is 1.57. The molecule has 0 aliphatic heterocycles. The maximum Gasteiger partial charge on any atom is 0.222 e. The number of aryl methyl sites for hydroxylation is 1. The summed E-state index contributed by atoms with van der Waals surface area (Å²) in [7, 11) is 0. The minimum absolute atomic E-state index is 0.257. The summed E-state index contributed by atoms with van der Waals surface area (Å²) in [6.07, 6.45) is 4.64. The van der Waals surface area contributed by atoms with Crippen LogP contribution >= 0.6 is 0 Å². The van der Waals surface area contributed by atoms with Crippen LogP contribution in [0.1, 0.15) is 25.8 Å². The highest BCUT2D eigenvalue weighted by Gasteiger charge is 2.09. The molecule has 0 aliphatic carbocycles. The van der Waals surface area contributed by atoms with Gasteiger partial charge in [0.25, 0.3) is 0 Å². The fourth-order valence-electron chi connectivity index (χ4n) is 1.43. The Balaban J connectivity index is 2.54. The molecule has 0 fully saturated rings. The molecule has 0 aliphatic rings. The second kappa shape index (κ2) is 5.66. The maximum atomic E-state index is 5.68. The van der Waals surface area contributed by atoms with Crippen LogP contribution in [0.2, 0.25) is 0 Å². The molecule has 4 nitrogen and oxygen atoms in total. The van der Waals surface area contributed by atoms with Crippen LogP contribution in [0, 0.1) is 12.8 Å². The lowest BCUT2D eigenvalue weighted by atomic mass is 10.0. The molecule has 1 aromatic rings. The highest BCUT2D eigenvalue weighted by Crippen LogP contribution is 2.08. The molecule has 0 amide bonds. The van der Waals surface area contributed by atoms with Crippen molar-refractivity contribution in [3.8, 4) is 0 Å². The first-order chi connectivity index (χ1) is 7.11. The summed E-state index contributed by atoms with van der Waals surface area (Å²) in [4.78, 5) is 8.39. The van der Waals surface area contributed by atoms with Crippen LogP contribution in [-0.2, 0) is 0 Å². The third kappa shape index (κ3) is 4.25. The molecular weight excluding hydrogens is 188 g/mol. The van der Waals surface area contributed by atoms with Gasteiger partial charge in [0, 0.05) is 25.0 Å². The third-order valence-corrected chi connectivity index (χ3v) is 2.15. The minimum Gasteiger partial charge on any atom is -0.350 e. The van der Waals surface area contributed by atoms with Crippen molar-refractivity contribution in [3.05, 3.63) is 18.0 Å². The standard InChI is InChI=1S/C11H20N4/c1-8(2)4-10(5-12)15-11-13-6-9(3)7-14-11/h6-8,10H,4-5,12H2,1-3H3,(H,13,14,15). The van der Waals surface area contributed by atoms with Crippen molar-refractivity contribution in [1.29, 1.82) is 0 Å². The number of nitrogens with one attached hydrogen (secondary N) is 1. The third-order valence-electron chi connectivity index (χ3n) is 2.15. The number of nitrogens with two attached hydrogens (primary N) is 1. The lowest BCUT2D eigenvalue weighted by molar-refractivity contribution is 0.519. The zero-order valence-corrected chi connectivity index (χ0v) is 9.70. The zero-order chi connectivity index (χ0) is 11.3. The van der Waals surface area contributed by atoms with E-state index in [4.69, 9.17) is 5.73 Å². The Bertz CT molecular complexity index is 281. The van der Waals surface area contributed by atoms with Crippen molar-refractivity contribution in [3.63, 3.8) is 0 Å². The highest BCUT2D eigenvalue weighted by atomic mass is 15.1. The Kier molecular flexibility index (Phi) is 4.49. The van der Waals surface area contributed by atoms with Crippen molar-refractivity contribution in [2.75, 3.05) is 11.9 Å². The van der Waals surface area contributed by atoms with Gasteiger partial charge in [-0.05, 0) is 24.8 Å². The van der Waals surface area contributed by atoms with Crippen LogP contribution in [-0.4, -0.2) is 22.6 Å². The summed E-state index contributed by atoms with van der Waals surface area (Å²) in [6, 6.07) is 0.257. The first kappa shape index (κ1) is 11.9. The average molecular weight is 208 g/mol. The van der Waals surface area contributed by atoms with Crippen LogP contribution in [0.5, 0.6) is 0 Å². The lowest BCUT2D eigenvalue weighted by Gasteiger charge is -2.18. The highest BCUT2D eigenvalue weighted by molar-refractivity contribution is 5.26. The summed E-state index contributed by atoms with van der Waals surface area (Å²) >= 11 is 0. The number of aromatic nitrogens is 2. The number of anilines is 1. The van der Waals surface area contributed by atoms with Crippen LogP contribution in [0.15, 0.2) is 12.4 Å². The van der Waals surface area contributed by atoms with E-state index in [0.29, 0.717) is 18.4 Å². The molecular formula is C11H20N4. The molecule has 3 N–H and O–H groups in total. The Morgan fingerprint density at radius 2 is 1.93 bits per heavy atom. The van der Waals surface area contributed by atoms with E-state index in [-0.39, 0.29) is 6.04 Å². The molecule has 4 heteroatoms. The molecule has 0 radical (unpaired) electrons. The Morgan fingerprint density at radius 3 is 2.40 bits per heavy atom. The molecule has 15 heavy (non-hydrogen) atoms. The molecule has 1 rings (SSSR count). The Hall–Kier alpha value is -1.16. The molecule has 0 bridgehead atoms. The summed E-state index contributed by atoms with van der Waals surface area (Å²) in [5.41, 5.74) is 6.74. The SMILES string of the molecule is Cc1cnc(NC(CN)CC(C)C)nc1. The van der Waals surface area contributed by atoms with Gasteiger partial charge in [-0.1, -0.05) is 13.8 Å². The van der Waals surface area contributed by atoms with Crippen LogP contribution in [0.25, 0.3) is 0 Å². The predicted molar refractivity (Wildman–Crippen MR) is 62.7 cm³/mol. The topological polar surface area (TPSA) is 63.8 Å². The maximum absolute atomic E-state index is 5.68. The molecule has 0 saturated carbocycles. The normalized spacial score (nSPS) is 12.9. The second-order valence-electron chi connectivity index (χ2n) is 4.29. The van der Waals surface area contributed by atoms with E-state index in [0.717, 1.165) is 12.0 Å². The number of rotatable bonds is 5. The van der Waals surface area contributed by atoms with Gasteiger partial charge in [0.05, 0.1) is 0 Å². The average Bonchev–Trinajstić information content (AvgIpc) is 2.19. The summed E-state index contributed by atoms with van der Waals surface area (Å²) in [5.74, 6) is 1.29. The summed E-state index contributed by atoms with van der Waals surface area (Å²) in [6.45, 7) is 6.94. The van der Waals surface area contributed by atoms with Gasteiger partial charge in [0.15, 0.2) is 0 Å². The van der Waals surface area contributed by atoms with E-state index < -0.39 is 0 Å². The van der Waals surface area contributed by atoms with Crippen molar-refractivity contribution >= 4 is 5.95 Å². The Morgan fingerprint density at radius 1 is 1.33 bits per heavy atom. The van der Waals surface area contributed by atoms with Crippen LogP contribution in [0.3, 0.4) is 0 Å². The van der Waals surface area contributed by atoms with Crippen LogP contribution < -0.4 is 11.1 Å². The van der Waals surface area contributed by atoms with Gasteiger partial charge < -0.3 is 11.1 Å². The van der Waals surface area contributed by atoms with Gasteiger partial charge in [0.1, 0.15) is 0 Å². The van der Waals surface area contributed by atoms with Gasteiger partial charge in [-0.25, -0.2) is 9.97 Å². The molecule has 1 heterocycles. The largest absolute Gasteiger partial charge is 0.350 e. The fourth-order valence-corrected chi connectivity index (χ4v) is 1.43. The lowest BCUT2D eigenvalue weighted by Crippen LogP contribution is -2.31. The monoisotopic (exact) mass is 208 g/mol. The first-order valence-electron chi connectivity index (χ1n) is 5.37. The number of nitrogens with zero attached hydrogens (tertiary/aromatic N) is 2. The molecule has 0 saturated heterocycles. The molecule has 1 atom stereocenters. The van der Waals surface area contributed by atoms with Crippen LogP contribution in [0.4, 0.5) is 5.95 Å². The van der Waals surface area contributed by atoms with Crippen molar-refractivity contribution in [2.45, 2.75) is 33.2 Å². The smallest absolute Gasteiger partial charge is 0.222 e. The van der Waals surface area contributed by atoms with Crippen molar-refractivity contribution < 1.29 is 0 Å². The van der Waals surface area contributed by atoms with Gasteiger partial charge >= 0.3 is 0 Å². The van der Waals surface area contributed by atoms with E-state index in [1.807, 2.05) is 6.92 Å². The van der Waals surface area contributed by atoms with E-state index in [1.165, 1.54) is 0 Å². The van der Waals surface area contributed by atoms with Crippen molar-refractivity contribution in [2.24, 2.45) is 11.7 Å². The molecule has 1 unspecified atom stereocenters. The zero-order valence-electron chi connectivity index (χ0n) is 9.70. The van der Waals surface area contributed by atoms with E-state index in [1.54, 1.807) is 12.4 Å². The fraction of sp³-hybridized carbons (Fsp3) is 0.636. The quantitative estimate of drug-likeness (QED) is 0.771. The van der Waals surface area contributed by atoms with Crippen molar-refractivity contribution in [1.82, 2.24) is 9.97 Å². The number of hydrogen-bond donors (Lipinski definition) is 2.